The summed E-state index contributed by atoms with van der Waals surface area (Å²) in [6.07, 6.45) is 0. The van der Waals surface area contributed by atoms with Crippen LogP contribution in [0.4, 0.5) is 17.1 Å². The third-order valence-electron chi connectivity index (χ3n) is 9.39. The van der Waals surface area contributed by atoms with Crippen molar-refractivity contribution in [2.75, 3.05) is 4.90 Å². The van der Waals surface area contributed by atoms with Gasteiger partial charge in [0.25, 0.3) is 0 Å². The van der Waals surface area contributed by atoms with E-state index >= 15 is 0 Å². The van der Waals surface area contributed by atoms with Crippen molar-refractivity contribution in [3.8, 4) is 27.9 Å². The summed E-state index contributed by atoms with van der Waals surface area (Å²) in [5, 5.41) is 5.14. The van der Waals surface area contributed by atoms with Crippen molar-refractivity contribution in [2.24, 2.45) is 0 Å². The zero-order chi connectivity index (χ0) is 31.9. The Bertz CT molecular complexity index is 2510. The first-order chi connectivity index (χ1) is 23.8. The quantitative estimate of drug-likeness (QED) is 0.181. The third-order valence-corrected chi connectivity index (χ3v) is 9.39. The van der Waals surface area contributed by atoms with Crippen molar-refractivity contribution in [3.63, 3.8) is 0 Å². The van der Waals surface area contributed by atoms with E-state index in [9.17, 15) is 0 Å². The normalized spacial score (nSPS) is 11.3. The SMILES string of the molecule is c1ccc(-c2ccc(N(c3ccccc3)c3ccc(-c4ccc(-n5c6ccccc6c6c7ccccc7ccc65)cc4)cc3)cc2)cc1. The summed E-state index contributed by atoms with van der Waals surface area (Å²) in [5.41, 5.74) is 11.8. The molecule has 1 aromatic heterocycles. The smallest absolute Gasteiger partial charge is 0.0547 e. The van der Waals surface area contributed by atoms with Crippen LogP contribution in [-0.2, 0) is 0 Å². The Morgan fingerprint density at radius 1 is 0.312 bits per heavy atom. The molecule has 0 radical (unpaired) electrons. The van der Waals surface area contributed by atoms with Gasteiger partial charge in [-0.05, 0) is 93.7 Å². The molecule has 8 aromatic carbocycles. The predicted molar refractivity (Wildman–Crippen MR) is 204 cm³/mol. The van der Waals surface area contributed by atoms with Crippen LogP contribution in [0.5, 0.6) is 0 Å². The van der Waals surface area contributed by atoms with Gasteiger partial charge in [0.1, 0.15) is 0 Å². The lowest BCUT2D eigenvalue weighted by molar-refractivity contribution is 1.18. The second kappa shape index (κ2) is 11.8. The molecule has 0 saturated carbocycles. The molecule has 0 bridgehead atoms. The Labute approximate surface area is 280 Å². The number of anilines is 3. The van der Waals surface area contributed by atoms with E-state index in [0.29, 0.717) is 0 Å². The minimum Gasteiger partial charge on any atom is -0.311 e. The lowest BCUT2D eigenvalue weighted by Gasteiger charge is -2.26. The third kappa shape index (κ3) is 4.83. The van der Waals surface area contributed by atoms with Gasteiger partial charge in [0.2, 0.25) is 0 Å². The molecule has 0 atom stereocenters. The fourth-order valence-corrected chi connectivity index (χ4v) is 7.08. The number of hydrogen-bond donors (Lipinski definition) is 0. The van der Waals surface area contributed by atoms with Gasteiger partial charge in [-0.2, -0.15) is 0 Å². The highest BCUT2D eigenvalue weighted by molar-refractivity contribution is 6.21. The van der Waals surface area contributed by atoms with Crippen LogP contribution in [0, 0.1) is 0 Å². The zero-order valence-electron chi connectivity index (χ0n) is 26.4. The van der Waals surface area contributed by atoms with Gasteiger partial charge in [-0.3, -0.25) is 0 Å². The molecule has 1 heterocycles. The van der Waals surface area contributed by atoms with Gasteiger partial charge in [0.05, 0.1) is 11.0 Å². The van der Waals surface area contributed by atoms with Crippen LogP contribution in [0.3, 0.4) is 0 Å². The number of aromatic nitrogens is 1. The first-order valence-corrected chi connectivity index (χ1v) is 16.4. The maximum Gasteiger partial charge on any atom is 0.0547 e. The second-order valence-corrected chi connectivity index (χ2v) is 12.2. The molecule has 0 spiro atoms. The van der Waals surface area contributed by atoms with Crippen molar-refractivity contribution >= 4 is 49.6 Å². The lowest BCUT2D eigenvalue weighted by atomic mass is 10.0. The van der Waals surface area contributed by atoms with Gasteiger partial charge in [0.15, 0.2) is 0 Å². The van der Waals surface area contributed by atoms with E-state index in [2.05, 4.69) is 204 Å². The van der Waals surface area contributed by atoms with Crippen molar-refractivity contribution in [1.82, 2.24) is 4.57 Å². The molecule has 0 unspecified atom stereocenters. The van der Waals surface area contributed by atoms with Crippen LogP contribution < -0.4 is 4.90 Å². The lowest BCUT2D eigenvalue weighted by Crippen LogP contribution is -2.09. The number of fused-ring (bicyclic) bond motifs is 5. The van der Waals surface area contributed by atoms with Gasteiger partial charge in [-0.15, -0.1) is 0 Å². The molecule has 0 saturated heterocycles. The standard InChI is InChI=1S/C46H32N2/c1-3-11-33(12-4-1)34-19-26-39(27-20-34)47(38-14-5-2-6-15-38)40-28-21-35(22-29-40)36-23-30-41(31-24-36)48-44-18-10-9-17-43(44)46-42-16-8-7-13-37(42)25-32-45(46)48/h1-32H. The van der Waals surface area contributed by atoms with E-state index in [0.717, 1.165) is 22.7 Å². The van der Waals surface area contributed by atoms with E-state index < -0.39 is 0 Å². The Kier molecular flexibility index (Phi) is 6.84. The van der Waals surface area contributed by atoms with Crippen LogP contribution in [0.25, 0.3) is 60.5 Å². The molecule has 48 heavy (non-hydrogen) atoms. The van der Waals surface area contributed by atoms with Gasteiger partial charge in [0, 0.05) is 33.5 Å². The molecule has 2 heteroatoms. The number of rotatable bonds is 6. The zero-order valence-corrected chi connectivity index (χ0v) is 26.4. The number of nitrogens with zero attached hydrogens (tertiary/aromatic N) is 2. The molecule has 0 N–H and O–H groups in total. The highest BCUT2D eigenvalue weighted by Crippen LogP contribution is 2.39. The molecule has 9 aromatic rings. The molecule has 2 nitrogen and oxygen atoms in total. The molecule has 0 aliphatic heterocycles. The minimum atomic E-state index is 1.12. The second-order valence-electron chi connectivity index (χ2n) is 12.2. The number of hydrogen-bond acceptors (Lipinski definition) is 1. The average molecular weight is 613 g/mol. The van der Waals surface area contributed by atoms with Gasteiger partial charge >= 0.3 is 0 Å². The van der Waals surface area contributed by atoms with Gasteiger partial charge in [-0.1, -0.05) is 133 Å². The van der Waals surface area contributed by atoms with Crippen molar-refractivity contribution in [3.05, 3.63) is 194 Å². The summed E-state index contributed by atoms with van der Waals surface area (Å²) in [7, 11) is 0. The van der Waals surface area contributed by atoms with Crippen LogP contribution >= 0.6 is 0 Å². The largest absolute Gasteiger partial charge is 0.311 e. The molecule has 226 valence electrons. The molecule has 9 rings (SSSR count). The number of benzene rings is 8. The minimum absolute atomic E-state index is 1.12. The van der Waals surface area contributed by atoms with Crippen LogP contribution in [-0.4, -0.2) is 4.57 Å². The highest BCUT2D eigenvalue weighted by Gasteiger charge is 2.16. The van der Waals surface area contributed by atoms with Gasteiger partial charge in [-0.25, -0.2) is 0 Å². The van der Waals surface area contributed by atoms with Crippen molar-refractivity contribution in [2.45, 2.75) is 0 Å². The molecule has 0 amide bonds. The number of para-hydroxylation sites is 2. The Hall–Kier alpha value is -6.38. The first kappa shape index (κ1) is 27.9. The van der Waals surface area contributed by atoms with E-state index in [4.69, 9.17) is 0 Å². The molecular weight excluding hydrogens is 581 g/mol. The van der Waals surface area contributed by atoms with E-state index in [1.807, 2.05) is 0 Å². The maximum atomic E-state index is 2.39. The summed E-state index contributed by atoms with van der Waals surface area (Å²) in [6.45, 7) is 0. The summed E-state index contributed by atoms with van der Waals surface area (Å²) < 4.78 is 2.39. The topological polar surface area (TPSA) is 8.17 Å². The molecular formula is C46H32N2. The van der Waals surface area contributed by atoms with Crippen LogP contribution in [0.1, 0.15) is 0 Å². The average Bonchev–Trinajstić information content (AvgIpc) is 3.51. The van der Waals surface area contributed by atoms with Crippen molar-refractivity contribution in [1.29, 1.82) is 0 Å². The van der Waals surface area contributed by atoms with Crippen molar-refractivity contribution < 1.29 is 0 Å². The van der Waals surface area contributed by atoms with Crippen LogP contribution in [0.15, 0.2) is 194 Å². The fraction of sp³-hybridized carbons (Fsp3) is 0. The Morgan fingerprint density at radius 2 is 0.792 bits per heavy atom. The highest BCUT2D eigenvalue weighted by atomic mass is 15.1. The van der Waals surface area contributed by atoms with Gasteiger partial charge < -0.3 is 9.47 Å². The summed E-state index contributed by atoms with van der Waals surface area (Å²) in [4.78, 5) is 2.31. The van der Waals surface area contributed by atoms with E-state index in [1.54, 1.807) is 0 Å². The Morgan fingerprint density at radius 3 is 1.44 bits per heavy atom. The monoisotopic (exact) mass is 612 g/mol. The van der Waals surface area contributed by atoms with E-state index in [1.165, 1.54) is 54.8 Å². The molecule has 0 aliphatic carbocycles. The van der Waals surface area contributed by atoms with Crippen LogP contribution in [0.2, 0.25) is 0 Å². The van der Waals surface area contributed by atoms with E-state index in [-0.39, 0.29) is 0 Å². The Balaban J connectivity index is 1.06. The molecule has 0 fully saturated rings. The summed E-state index contributed by atoms with van der Waals surface area (Å²) in [6, 6.07) is 69.7. The first-order valence-electron chi connectivity index (χ1n) is 16.4. The summed E-state index contributed by atoms with van der Waals surface area (Å²) in [5.74, 6) is 0. The predicted octanol–water partition coefficient (Wildman–Crippen LogP) is 12.7. The maximum absolute atomic E-state index is 2.39. The summed E-state index contributed by atoms with van der Waals surface area (Å²) >= 11 is 0. The molecule has 0 aliphatic rings. The fourth-order valence-electron chi connectivity index (χ4n) is 7.08.